The third kappa shape index (κ3) is 5.36. The van der Waals surface area contributed by atoms with Crippen LogP contribution in [-0.4, -0.2) is 0 Å². The zero-order valence-electron chi connectivity index (χ0n) is 26.9. The van der Waals surface area contributed by atoms with E-state index in [4.69, 9.17) is 0 Å². The summed E-state index contributed by atoms with van der Waals surface area (Å²) in [5.41, 5.74) is 13.6. The van der Waals surface area contributed by atoms with Crippen molar-refractivity contribution in [3.8, 4) is 11.1 Å². The van der Waals surface area contributed by atoms with Gasteiger partial charge in [0.15, 0.2) is 0 Å². The highest BCUT2D eigenvalue weighted by Gasteiger charge is 2.36. The van der Waals surface area contributed by atoms with Gasteiger partial charge in [-0.3, -0.25) is 0 Å². The van der Waals surface area contributed by atoms with Crippen LogP contribution in [0.4, 0.5) is 28.4 Å². The topological polar surface area (TPSA) is 15.3 Å². The minimum atomic E-state index is -0.121. The van der Waals surface area contributed by atoms with Crippen LogP contribution in [0.5, 0.6) is 0 Å². The summed E-state index contributed by atoms with van der Waals surface area (Å²) in [6, 6.07) is 42.4. The first-order valence-corrected chi connectivity index (χ1v) is 15.5. The molecular formula is C41H44N2. The zero-order valence-corrected chi connectivity index (χ0v) is 26.9. The molecule has 0 radical (unpaired) electrons. The summed E-state index contributed by atoms with van der Waals surface area (Å²) in [5.74, 6) is 0. The van der Waals surface area contributed by atoms with E-state index in [9.17, 15) is 0 Å². The van der Waals surface area contributed by atoms with E-state index in [0.717, 1.165) is 17.1 Å². The van der Waals surface area contributed by atoms with Gasteiger partial charge in [-0.2, -0.15) is 0 Å². The molecule has 0 saturated heterocycles. The average molecular weight is 565 g/mol. The molecule has 0 fully saturated rings. The molecule has 1 aliphatic heterocycles. The van der Waals surface area contributed by atoms with Gasteiger partial charge in [-0.05, 0) is 81.1 Å². The second-order valence-corrected chi connectivity index (χ2v) is 14.5. The molecular weight excluding hydrogens is 520 g/mol. The fourth-order valence-corrected chi connectivity index (χ4v) is 6.31. The highest BCUT2D eigenvalue weighted by atomic mass is 15.2. The Bertz CT molecular complexity index is 1760. The molecule has 5 aromatic carbocycles. The highest BCUT2D eigenvalue weighted by Crippen LogP contribution is 2.52. The van der Waals surface area contributed by atoms with Gasteiger partial charge in [-0.15, -0.1) is 0 Å². The molecule has 0 atom stereocenters. The van der Waals surface area contributed by atoms with E-state index in [1.807, 2.05) is 0 Å². The van der Waals surface area contributed by atoms with Gasteiger partial charge in [-0.1, -0.05) is 128 Å². The standard InChI is InChI=1S/C41H44N2/c1-39(2,3)29-20-18-28(19-21-29)33-26-30(40(4,5)6)22-25-36(33)42-31-23-24-35-38(27-31)43(32-14-10-9-11-15-32)37-17-13-12-16-34(37)41(35,7)8/h9-27,42H,1-8H3. The molecule has 1 N–H and O–H groups in total. The second-order valence-electron chi connectivity index (χ2n) is 14.5. The number of benzene rings is 5. The number of anilines is 5. The fraction of sp³-hybridized carbons (Fsp3) is 0.268. The van der Waals surface area contributed by atoms with Crippen molar-refractivity contribution in [2.75, 3.05) is 10.2 Å². The van der Waals surface area contributed by atoms with Gasteiger partial charge >= 0.3 is 0 Å². The number of fused-ring (bicyclic) bond motifs is 2. The van der Waals surface area contributed by atoms with Crippen LogP contribution < -0.4 is 10.2 Å². The number of rotatable bonds is 4. The summed E-state index contributed by atoms with van der Waals surface area (Å²) in [5, 5.41) is 3.84. The van der Waals surface area contributed by atoms with E-state index in [1.54, 1.807) is 0 Å². The molecule has 0 aromatic heterocycles. The maximum Gasteiger partial charge on any atom is 0.0523 e. The highest BCUT2D eigenvalue weighted by molar-refractivity contribution is 5.89. The largest absolute Gasteiger partial charge is 0.355 e. The van der Waals surface area contributed by atoms with E-state index in [0.29, 0.717) is 0 Å². The molecule has 0 unspecified atom stereocenters. The Hall–Kier alpha value is -4.30. The van der Waals surface area contributed by atoms with Crippen molar-refractivity contribution in [2.45, 2.75) is 71.6 Å². The van der Waals surface area contributed by atoms with Crippen LogP contribution in [-0.2, 0) is 16.2 Å². The maximum absolute atomic E-state index is 3.84. The third-order valence-electron chi connectivity index (χ3n) is 8.97. The molecule has 0 saturated carbocycles. The summed E-state index contributed by atoms with van der Waals surface area (Å²) in [7, 11) is 0. The quantitative estimate of drug-likeness (QED) is 0.233. The molecule has 218 valence electrons. The van der Waals surface area contributed by atoms with Gasteiger partial charge in [-0.25, -0.2) is 0 Å². The lowest BCUT2D eigenvalue weighted by Crippen LogP contribution is -2.30. The van der Waals surface area contributed by atoms with E-state index in [1.165, 1.54) is 44.8 Å². The minimum Gasteiger partial charge on any atom is -0.355 e. The van der Waals surface area contributed by atoms with E-state index >= 15 is 0 Å². The van der Waals surface area contributed by atoms with E-state index in [2.05, 4.69) is 181 Å². The van der Waals surface area contributed by atoms with Crippen molar-refractivity contribution in [3.05, 3.63) is 138 Å². The lowest BCUT2D eigenvalue weighted by Gasteiger charge is -2.42. The van der Waals surface area contributed by atoms with Gasteiger partial charge in [0.05, 0.1) is 11.4 Å². The smallest absolute Gasteiger partial charge is 0.0523 e. The zero-order chi connectivity index (χ0) is 30.6. The number of nitrogens with zero attached hydrogens (tertiary/aromatic N) is 1. The molecule has 1 aliphatic rings. The first-order valence-electron chi connectivity index (χ1n) is 15.5. The number of para-hydroxylation sites is 2. The molecule has 0 aliphatic carbocycles. The lowest BCUT2D eigenvalue weighted by atomic mass is 9.73. The minimum absolute atomic E-state index is 0.0552. The summed E-state index contributed by atoms with van der Waals surface area (Å²) >= 11 is 0. The van der Waals surface area contributed by atoms with Gasteiger partial charge < -0.3 is 10.2 Å². The van der Waals surface area contributed by atoms with Gasteiger partial charge in [0, 0.05) is 28.0 Å². The maximum atomic E-state index is 3.84. The molecule has 0 spiro atoms. The SMILES string of the molecule is CC(C)(C)c1ccc(-c2cc(C(C)(C)C)ccc2Nc2ccc3c(c2)N(c2ccccc2)c2ccccc2C3(C)C)cc1. The van der Waals surface area contributed by atoms with Crippen LogP contribution in [0, 0.1) is 0 Å². The molecule has 0 bridgehead atoms. The monoisotopic (exact) mass is 564 g/mol. The second kappa shape index (κ2) is 10.5. The van der Waals surface area contributed by atoms with Crippen LogP contribution in [0.25, 0.3) is 11.1 Å². The normalized spacial score (nSPS) is 14.2. The first kappa shape index (κ1) is 28.8. The van der Waals surface area contributed by atoms with Crippen molar-refractivity contribution in [1.82, 2.24) is 0 Å². The van der Waals surface area contributed by atoms with E-state index in [-0.39, 0.29) is 16.2 Å². The van der Waals surface area contributed by atoms with Crippen molar-refractivity contribution in [3.63, 3.8) is 0 Å². The molecule has 43 heavy (non-hydrogen) atoms. The van der Waals surface area contributed by atoms with Gasteiger partial charge in [0.2, 0.25) is 0 Å². The Kier molecular flexibility index (Phi) is 7.00. The van der Waals surface area contributed by atoms with Crippen molar-refractivity contribution in [1.29, 1.82) is 0 Å². The van der Waals surface area contributed by atoms with Crippen LogP contribution in [0.3, 0.4) is 0 Å². The molecule has 5 aromatic rings. The summed E-state index contributed by atoms with van der Waals surface area (Å²) in [6.45, 7) is 18.3. The van der Waals surface area contributed by atoms with Crippen molar-refractivity contribution >= 4 is 28.4 Å². The summed E-state index contributed by atoms with van der Waals surface area (Å²) in [4.78, 5) is 2.41. The molecule has 2 nitrogen and oxygen atoms in total. The summed E-state index contributed by atoms with van der Waals surface area (Å²) in [6.07, 6.45) is 0. The van der Waals surface area contributed by atoms with Crippen LogP contribution in [0.2, 0.25) is 0 Å². The molecule has 0 amide bonds. The number of hydrogen-bond donors (Lipinski definition) is 1. The molecule has 2 heteroatoms. The van der Waals surface area contributed by atoms with Crippen LogP contribution >= 0.6 is 0 Å². The predicted octanol–water partition coefficient (Wildman–Crippen LogP) is 11.8. The lowest BCUT2D eigenvalue weighted by molar-refractivity contribution is 0.590. The molecule has 6 rings (SSSR count). The number of nitrogens with one attached hydrogen (secondary N) is 1. The van der Waals surface area contributed by atoms with Crippen LogP contribution in [0.1, 0.15) is 77.6 Å². The van der Waals surface area contributed by atoms with E-state index < -0.39 is 0 Å². The Morgan fingerprint density at radius 3 is 1.84 bits per heavy atom. The Morgan fingerprint density at radius 2 is 1.16 bits per heavy atom. The summed E-state index contributed by atoms with van der Waals surface area (Å²) < 4.78 is 0. The third-order valence-corrected chi connectivity index (χ3v) is 8.97. The Balaban J connectivity index is 1.47. The van der Waals surface area contributed by atoms with Crippen LogP contribution in [0.15, 0.2) is 115 Å². The van der Waals surface area contributed by atoms with Crippen molar-refractivity contribution in [2.24, 2.45) is 0 Å². The predicted molar refractivity (Wildman–Crippen MR) is 186 cm³/mol. The van der Waals surface area contributed by atoms with Gasteiger partial charge in [0.1, 0.15) is 0 Å². The van der Waals surface area contributed by atoms with Gasteiger partial charge in [0.25, 0.3) is 0 Å². The van der Waals surface area contributed by atoms with Crippen molar-refractivity contribution < 1.29 is 0 Å². The Morgan fingerprint density at radius 1 is 0.558 bits per heavy atom. The molecule has 1 heterocycles. The number of hydrogen-bond acceptors (Lipinski definition) is 2. The average Bonchev–Trinajstić information content (AvgIpc) is 2.97. The fourth-order valence-electron chi connectivity index (χ4n) is 6.31. The first-order chi connectivity index (χ1) is 20.3. The Labute approximate surface area is 258 Å².